The van der Waals surface area contributed by atoms with Gasteiger partial charge in [-0.2, -0.15) is 5.26 Å². The van der Waals surface area contributed by atoms with Gasteiger partial charge >= 0.3 is 6.03 Å². The quantitative estimate of drug-likeness (QED) is 0.127. The number of fused-ring (bicyclic) bond motifs is 1. The van der Waals surface area contributed by atoms with E-state index in [-0.39, 0.29) is 17.6 Å². The van der Waals surface area contributed by atoms with E-state index < -0.39 is 0 Å². The van der Waals surface area contributed by atoms with Crippen LogP contribution in [0.3, 0.4) is 0 Å². The Kier molecular flexibility index (Phi) is 10.5. The van der Waals surface area contributed by atoms with Crippen LogP contribution in [0.5, 0.6) is 0 Å². The summed E-state index contributed by atoms with van der Waals surface area (Å²) >= 11 is 6.32. The minimum atomic E-state index is -0.346. The van der Waals surface area contributed by atoms with Gasteiger partial charge in [-0.25, -0.2) is 4.79 Å². The fourth-order valence-electron chi connectivity index (χ4n) is 9.45. The van der Waals surface area contributed by atoms with Gasteiger partial charge in [-0.15, -0.1) is 0 Å². The Morgan fingerprint density at radius 1 is 0.891 bits per heavy atom. The number of piperidine rings is 3. The number of imide groups is 1. The molecule has 4 aromatic rings. The number of aryl methyl sites for hydroxylation is 1. The van der Waals surface area contributed by atoms with Gasteiger partial charge in [0.1, 0.15) is 11.8 Å². The third kappa shape index (κ3) is 7.50. The molecule has 286 valence electrons. The number of rotatable bonds is 8. The number of amides is 3. The lowest BCUT2D eigenvalue weighted by atomic mass is 9.89. The Hall–Kier alpha value is -5.05. The number of anilines is 4. The van der Waals surface area contributed by atoms with Gasteiger partial charge in [-0.05, 0) is 106 Å². The summed E-state index contributed by atoms with van der Waals surface area (Å²) in [5.41, 5.74) is 13.8. The summed E-state index contributed by atoms with van der Waals surface area (Å²) in [6.45, 7) is 7.71. The zero-order valence-corrected chi connectivity index (χ0v) is 32.3. The van der Waals surface area contributed by atoms with E-state index in [0.717, 1.165) is 87.8 Å². The van der Waals surface area contributed by atoms with Crippen LogP contribution in [-0.2, 0) is 11.8 Å². The van der Waals surface area contributed by atoms with Crippen molar-refractivity contribution in [3.05, 3.63) is 82.5 Å². The lowest BCUT2D eigenvalue weighted by Gasteiger charge is -2.38. The average molecular weight is 760 g/mol. The van der Waals surface area contributed by atoms with Crippen molar-refractivity contribution >= 4 is 62.9 Å². The smallest absolute Gasteiger partial charge is 0.328 e. The Labute approximate surface area is 328 Å². The summed E-state index contributed by atoms with van der Waals surface area (Å²) in [7, 11) is 2.14. The molecule has 0 spiro atoms. The maximum Gasteiger partial charge on any atom is 0.328 e. The molecule has 3 aromatic carbocycles. The number of nitrogen functional groups attached to an aromatic ring is 1. The maximum atomic E-state index is 12.4. The van der Waals surface area contributed by atoms with E-state index in [1.807, 2.05) is 18.2 Å². The zero-order chi connectivity index (χ0) is 38.2. The average Bonchev–Trinajstić information content (AvgIpc) is 3.53. The summed E-state index contributed by atoms with van der Waals surface area (Å²) < 4.78 is 2.30. The fraction of sp³-hybridized carbons (Fsp3) is 0.442. The number of nitriles is 1. The van der Waals surface area contributed by atoms with Crippen molar-refractivity contribution in [2.45, 2.75) is 56.8 Å². The van der Waals surface area contributed by atoms with E-state index in [1.54, 1.807) is 11.0 Å². The second kappa shape index (κ2) is 15.6. The molecule has 0 unspecified atom stereocenters. The number of carbonyl (C=O) groups excluding carboxylic acids is 2. The van der Waals surface area contributed by atoms with E-state index in [0.29, 0.717) is 41.1 Å². The Morgan fingerprint density at radius 3 is 2.36 bits per heavy atom. The second-order valence-electron chi connectivity index (χ2n) is 15.9. The number of nitrogens with zero attached hydrogens (tertiary/aromatic N) is 6. The van der Waals surface area contributed by atoms with Gasteiger partial charge in [-0.3, -0.25) is 20.4 Å². The van der Waals surface area contributed by atoms with Crippen LogP contribution < -0.4 is 25.8 Å². The molecule has 4 aliphatic rings. The Morgan fingerprint density at radius 2 is 1.64 bits per heavy atom. The molecule has 0 saturated carbocycles. The topological polar surface area (TPSA) is 138 Å². The predicted molar refractivity (Wildman–Crippen MR) is 221 cm³/mol. The van der Waals surface area contributed by atoms with Gasteiger partial charge in [0.2, 0.25) is 5.91 Å². The van der Waals surface area contributed by atoms with Crippen LogP contribution in [0.4, 0.5) is 27.5 Å². The molecule has 11 nitrogen and oxygen atoms in total. The van der Waals surface area contributed by atoms with Crippen molar-refractivity contribution in [3.8, 4) is 6.07 Å². The summed E-state index contributed by atoms with van der Waals surface area (Å²) in [5, 5.41) is 21.3. The highest BCUT2D eigenvalue weighted by molar-refractivity contribution is 6.36. The number of nitrogens with two attached hydrogens (primary N) is 1. The van der Waals surface area contributed by atoms with Crippen LogP contribution >= 0.6 is 11.6 Å². The van der Waals surface area contributed by atoms with Crippen LogP contribution in [0.25, 0.3) is 10.9 Å². The predicted octanol–water partition coefficient (Wildman–Crippen LogP) is 7.23. The minimum Gasteiger partial charge on any atom is -0.396 e. The number of likely N-dealkylation sites (tertiary alicyclic amines) is 1. The third-order valence-corrected chi connectivity index (χ3v) is 12.9. The molecule has 0 bridgehead atoms. The molecule has 0 radical (unpaired) electrons. The molecular weight excluding hydrogens is 710 g/mol. The highest BCUT2D eigenvalue weighted by Crippen LogP contribution is 2.38. The first-order chi connectivity index (χ1) is 26.7. The van der Waals surface area contributed by atoms with E-state index in [2.05, 4.69) is 74.1 Å². The van der Waals surface area contributed by atoms with E-state index in [9.17, 15) is 14.9 Å². The van der Waals surface area contributed by atoms with Crippen LogP contribution in [-0.4, -0.2) is 79.5 Å². The molecule has 0 aliphatic carbocycles. The molecule has 3 amide bonds. The van der Waals surface area contributed by atoms with E-state index in [4.69, 9.17) is 22.7 Å². The standard InChI is InChI=1S/C43H50ClN9O2/c1-49-38(23-31-6-9-34(24-39(31)49)53-22-16-40(54)48-43(53)55)30-14-18-50(19-15-30)26-28-12-20-51(21-13-28)33-7-4-29(5-8-33)32-3-2-17-52(27-32)37-11-10-35(44)41(42(37)47)36(46)25-45/h4-11,23-24,28,30,32,46H,2-3,12-22,26-27,47H2,1H3,(H,48,54,55)/t32-/m1/s1. The van der Waals surface area contributed by atoms with Crippen molar-refractivity contribution in [1.29, 1.82) is 10.7 Å². The number of hydrogen-bond donors (Lipinski definition) is 3. The summed E-state index contributed by atoms with van der Waals surface area (Å²) in [5.74, 6) is 1.40. The number of carbonyl (C=O) groups is 2. The van der Waals surface area contributed by atoms with Crippen molar-refractivity contribution in [2.24, 2.45) is 13.0 Å². The summed E-state index contributed by atoms with van der Waals surface area (Å²) in [4.78, 5) is 33.2. The Balaban J connectivity index is 0.817. The number of benzene rings is 3. The lowest BCUT2D eigenvalue weighted by Crippen LogP contribution is -2.49. The first-order valence-electron chi connectivity index (χ1n) is 19.8. The summed E-state index contributed by atoms with van der Waals surface area (Å²) in [6.07, 6.45) is 7.20. The van der Waals surface area contributed by atoms with Crippen LogP contribution in [0.2, 0.25) is 5.02 Å². The SMILES string of the molecule is Cn1c(C2CCN(CC3CCN(c4ccc([C@@H]5CCCN(c6ccc(Cl)c(C(=N)C#N)c6N)C5)cc4)CC3)CC2)cc2ccc(N3CCC(=O)NC3=O)cc21. The number of hydrogen-bond acceptors (Lipinski definition) is 8. The number of nitrogens with one attached hydrogen (secondary N) is 2. The molecule has 12 heteroatoms. The van der Waals surface area contributed by atoms with Gasteiger partial charge < -0.3 is 25.0 Å². The van der Waals surface area contributed by atoms with Crippen LogP contribution in [0.1, 0.15) is 73.6 Å². The normalized spacial score (nSPS) is 20.5. The van der Waals surface area contributed by atoms with Gasteiger partial charge in [0, 0.05) is 87.0 Å². The maximum absolute atomic E-state index is 12.4. The number of urea groups is 1. The number of aromatic nitrogens is 1. The van der Waals surface area contributed by atoms with Gasteiger partial charge in [-0.1, -0.05) is 29.8 Å². The third-order valence-electron chi connectivity index (χ3n) is 12.6. The fourth-order valence-corrected chi connectivity index (χ4v) is 9.71. The molecule has 4 aliphatic heterocycles. The van der Waals surface area contributed by atoms with Crippen molar-refractivity contribution in [2.75, 3.05) is 72.8 Å². The van der Waals surface area contributed by atoms with Gasteiger partial charge in [0.25, 0.3) is 0 Å². The van der Waals surface area contributed by atoms with Crippen molar-refractivity contribution < 1.29 is 9.59 Å². The van der Waals surface area contributed by atoms with Crippen molar-refractivity contribution in [3.63, 3.8) is 0 Å². The van der Waals surface area contributed by atoms with E-state index >= 15 is 0 Å². The van der Waals surface area contributed by atoms with E-state index in [1.165, 1.54) is 41.7 Å². The lowest BCUT2D eigenvalue weighted by molar-refractivity contribution is -0.120. The molecule has 4 fully saturated rings. The van der Waals surface area contributed by atoms with Crippen LogP contribution in [0, 0.1) is 22.7 Å². The first-order valence-corrected chi connectivity index (χ1v) is 20.1. The molecule has 1 aromatic heterocycles. The molecule has 4 saturated heterocycles. The highest BCUT2D eigenvalue weighted by atomic mass is 35.5. The van der Waals surface area contributed by atoms with Gasteiger partial charge in [0.05, 0.1) is 27.5 Å². The zero-order valence-electron chi connectivity index (χ0n) is 31.6. The van der Waals surface area contributed by atoms with Crippen LogP contribution in [0.15, 0.2) is 60.7 Å². The molecular formula is C43H50ClN9O2. The molecule has 1 atom stereocenters. The van der Waals surface area contributed by atoms with Crippen molar-refractivity contribution in [1.82, 2.24) is 14.8 Å². The monoisotopic (exact) mass is 759 g/mol. The highest BCUT2D eigenvalue weighted by Gasteiger charge is 2.29. The molecule has 4 N–H and O–H groups in total. The summed E-state index contributed by atoms with van der Waals surface area (Å²) in [6, 6.07) is 22.9. The molecule has 55 heavy (non-hydrogen) atoms. The first kappa shape index (κ1) is 36.9. The number of halogens is 1. The largest absolute Gasteiger partial charge is 0.396 e. The molecule has 8 rings (SSSR count). The minimum absolute atomic E-state index is 0.208. The molecule has 5 heterocycles. The Bertz CT molecular complexity index is 2140. The van der Waals surface area contributed by atoms with Gasteiger partial charge in [0.15, 0.2) is 0 Å². The second-order valence-corrected chi connectivity index (χ2v) is 16.3.